The summed E-state index contributed by atoms with van der Waals surface area (Å²) < 4.78 is 22.3. The Morgan fingerprint density at radius 2 is 2.00 bits per heavy atom. The molecule has 0 bridgehead atoms. The van der Waals surface area contributed by atoms with Gasteiger partial charge in [0.1, 0.15) is 29.3 Å². The van der Waals surface area contributed by atoms with Gasteiger partial charge in [0, 0.05) is 5.92 Å². The van der Waals surface area contributed by atoms with Gasteiger partial charge in [0.2, 0.25) is 0 Å². The molecule has 0 unspecified atom stereocenters. The van der Waals surface area contributed by atoms with E-state index in [-0.39, 0.29) is 22.8 Å². The number of hydrogen-bond donors (Lipinski definition) is 0. The summed E-state index contributed by atoms with van der Waals surface area (Å²) in [5, 5.41) is -0.00602. The Bertz CT molecular complexity index is 1010. The predicted molar refractivity (Wildman–Crippen MR) is 109 cm³/mol. The zero-order valence-corrected chi connectivity index (χ0v) is 17.9. The average molecular weight is 387 g/mol. The number of nitrogens with zero attached hydrogens (tertiary/aromatic N) is 2. The van der Waals surface area contributed by atoms with Crippen LogP contribution in [0.25, 0.3) is 11.0 Å². The topological polar surface area (TPSA) is 44.1 Å². The van der Waals surface area contributed by atoms with Gasteiger partial charge in [-0.3, -0.25) is 9.36 Å². The van der Waals surface area contributed by atoms with Gasteiger partial charge in [-0.15, -0.1) is 0 Å². The van der Waals surface area contributed by atoms with Gasteiger partial charge in [0.15, 0.2) is 8.32 Å². The maximum Gasteiger partial charge on any atom is 0.274 e. The van der Waals surface area contributed by atoms with Crippen LogP contribution in [-0.4, -0.2) is 17.9 Å². The Hall–Kier alpha value is -1.97. The van der Waals surface area contributed by atoms with Crippen molar-refractivity contribution in [3.63, 3.8) is 0 Å². The Balaban J connectivity index is 2.12. The quantitative estimate of drug-likeness (QED) is 0.573. The van der Waals surface area contributed by atoms with Crippen LogP contribution in [0.15, 0.2) is 16.9 Å². The van der Waals surface area contributed by atoms with Crippen molar-refractivity contribution in [3.8, 4) is 11.8 Å². The molecule has 4 nitrogen and oxygen atoms in total. The van der Waals surface area contributed by atoms with E-state index in [9.17, 15) is 9.18 Å². The number of fused-ring (bicyclic) bond motifs is 1. The molecule has 0 atom stereocenters. The van der Waals surface area contributed by atoms with Crippen LogP contribution >= 0.6 is 0 Å². The van der Waals surface area contributed by atoms with Crippen molar-refractivity contribution in [1.29, 1.82) is 0 Å². The lowest BCUT2D eigenvalue weighted by Gasteiger charge is -2.36. The van der Waals surface area contributed by atoms with Crippen LogP contribution in [-0.2, 0) is 11.2 Å². The number of aryl methyl sites for hydroxylation is 1. The second kappa shape index (κ2) is 6.88. The largest absolute Gasteiger partial charge is 0.399 e. The highest BCUT2D eigenvalue weighted by molar-refractivity contribution is 6.74. The molecule has 0 aliphatic heterocycles. The third-order valence-electron chi connectivity index (χ3n) is 5.56. The predicted octanol–water partition coefficient (Wildman–Crippen LogP) is 4.58. The fraction of sp³-hybridized carbons (Fsp3) is 0.524. The zero-order valence-electron chi connectivity index (χ0n) is 16.9. The molecule has 1 fully saturated rings. The number of benzene rings is 1. The summed E-state index contributed by atoms with van der Waals surface area (Å²) in [6, 6.07) is 3.00. The molecule has 1 aromatic carbocycles. The van der Waals surface area contributed by atoms with E-state index < -0.39 is 14.1 Å². The molecule has 0 N–H and O–H groups in total. The Kier molecular flexibility index (Phi) is 5.04. The molecule has 1 saturated carbocycles. The van der Waals surface area contributed by atoms with Crippen molar-refractivity contribution in [2.45, 2.75) is 65.4 Å². The van der Waals surface area contributed by atoms with Crippen LogP contribution in [0.4, 0.5) is 4.39 Å². The smallest absolute Gasteiger partial charge is 0.274 e. The fourth-order valence-electron chi connectivity index (χ4n) is 2.51. The molecule has 1 heterocycles. The SMILES string of the molecule is Cc1nc2c(C#CC3CC3)ccc(F)c2n(CO[Si](C)(C)C(C)(C)C)c1=O. The number of hydrogen-bond acceptors (Lipinski definition) is 3. The highest BCUT2D eigenvalue weighted by atomic mass is 28.4. The summed E-state index contributed by atoms with van der Waals surface area (Å²) in [6.07, 6.45) is 2.23. The Morgan fingerprint density at radius 3 is 2.59 bits per heavy atom. The first-order chi connectivity index (χ1) is 12.5. The molecule has 1 aliphatic rings. The van der Waals surface area contributed by atoms with Gasteiger partial charge in [-0.1, -0.05) is 32.6 Å². The van der Waals surface area contributed by atoms with Gasteiger partial charge in [-0.2, -0.15) is 0 Å². The number of halogens is 1. The van der Waals surface area contributed by atoms with Crippen LogP contribution in [0.5, 0.6) is 0 Å². The fourth-order valence-corrected chi connectivity index (χ4v) is 3.40. The van der Waals surface area contributed by atoms with E-state index in [0.717, 1.165) is 12.8 Å². The summed E-state index contributed by atoms with van der Waals surface area (Å²) in [5.74, 6) is 6.26. The van der Waals surface area contributed by atoms with E-state index in [4.69, 9.17) is 4.43 Å². The van der Waals surface area contributed by atoms with Crippen molar-refractivity contribution < 1.29 is 8.82 Å². The zero-order chi connectivity index (χ0) is 20.0. The van der Waals surface area contributed by atoms with Crippen molar-refractivity contribution >= 4 is 19.4 Å². The molecule has 27 heavy (non-hydrogen) atoms. The highest BCUT2D eigenvalue weighted by Crippen LogP contribution is 2.36. The van der Waals surface area contributed by atoms with Crippen LogP contribution in [0, 0.1) is 30.5 Å². The molecule has 1 aliphatic carbocycles. The molecule has 0 saturated heterocycles. The summed E-state index contributed by atoms with van der Waals surface area (Å²) in [7, 11) is -2.10. The van der Waals surface area contributed by atoms with E-state index >= 15 is 0 Å². The minimum atomic E-state index is -2.10. The van der Waals surface area contributed by atoms with E-state index in [1.165, 1.54) is 10.6 Å². The molecule has 0 radical (unpaired) electrons. The van der Waals surface area contributed by atoms with Crippen molar-refractivity contribution in [3.05, 3.63) is 39.6 Å². The van der Waals surface area contributed by atoms with Crippen molar-refractivity contribution in [1.82, 2.24) is 9.55 Å². The minimum Gasteiger partial charge on any atom is -0.399 e. The van der Waals surface area contributed by atoms with Gasteiger partial charge in [-0.25, -0.2) is 9.37 Å². The normalized spacial score (nSPS) is 14.9. The molecule has 144 valence electrons. The van der Waals surface area contributed by atoms with Gasteiger partial charge in [-0.05, 0) is 50.0 Å². The molecule has 0 spiro atoms. The summed E-state index contributed by atoms with van der Waals surface area (Å²) in [6.45, 7) is 12.3. The first kappa shape index (κ1) is 19.8. The first-order valence-electron chi connectivity index (χ1n) is 9.36. The molecule has 6 heteroatoms. The summed E-state index contributed by atoms with van der Waals surface area (Å²) >= 11 is 0. The molecule has 3 rings (SSSR count). The maximum absolute atomic E-state index is 14.7. The van der Waals surface area contributed by atoms with Gasteiger partial charge in [0.25, 0.3) is 5.56 Å². The Labute approximate surface area is 160 Å². The third kappa shape index (κ3) is 3.99. The van der Waals surface area contributed by atoms with E-state index in [2.05, 4.69) is 50.7 Å². The van der Waals surface area contributed by atoms with E-state index in [0.29, 0.717) is 22.7 Å². The minimum absolute atomic E-state index is 0.00602. The van der Waals surface area contributed by atoms with Gasteiger partial charge in [0.05, 0.1) is 5.56 Å². The van der Waals surface area contributed by atoms with E-state index in [1.54, 1.807) is 13.0 Å². The lowest BCUT2D eigenvalue weighted by Crippen LogP contribution is -2.42. The van der Waals surface area contributed by atoms with Crippen LogP contribution in [0.1, 0.15) is 44.9 Å². The van der Waals surface area contributed by atoms with Crippen LogP contribution < -0.4 is 5.56 Å². The molecular formula is C21H27FN2O2Si. The van der Waals surface area contributed by atoms with E-state index in [1.807, 2.05) is 0 Å². The highest BCUT2D eigenvalue weighted by Gasteiger charge is 2.37. The molecule has 0 amide bonds. The third-order valence-corrected chi connectivity index (χ3v) is 10.0. The first-order valence-corrected chi connectivity index (χ1v) is 12.3. The van der Waals surface area contributed by atoms with Crippen LogP contribution in [0.3, 0.4) is 0 Å². The Morgan fingerprint density at radius 1 is 1.33 bits per heavy atom. The standard InChI is InChI=1S/C21H27FN2O2Si/c1-14-20(25)24(13-26-27(5,6)21(2,3)4)19-17(22)12-11-16(18(19)23-14)10-9-15-7-8-15/h11-12,15H,7-8,13H2,1-6H3. The monoisotopic (exact) mass is 386 g/mol. The number of rotatable bonds is 3. The second-order valence-corrected chi connectivity index (χ2v) is 13.6. The summed E-state index contributed by atoms with van der Waals surface area (Å²) in [4.78, 5) is 17.1. The van der Waals surface area contributed by atoms with Crippen LogP contribution in [0.2, 0.25) is 18.1 Å². The van der Waals surface area contributed by atoms with Gasteiger partial charge < -0.3 is 4.43 Å². The van der Waals surface area contributed by atoms with Gasteiger partial charge >= 0.3 is 0 Å². The van der Waals surface area contributed by atoms with Crippen molar-refractivity contribution in [2.24, 2.45) is 5.92 Å². The lowest BCUT2D eigenvalue weighted by atomic mass is 10.1. The molecule has 2 aromatic rings. The molecule has 1 aromatic heterocycles. The second-order valence-electron chi connectivity index (χ2n) is 8.80. The average Bonchev–Trinajstić information content (AvgIpc) is 3.38. The number of aromatic nitrogens is 2. The van der Waals surface area contributed by atoms with Crippen molar-refractivity contribution in [2.75, 3.05) is 0 Å². The lowest BCUT2D eigenvalue weighted by molar-refractivity contribution is 0.212. The molecular weight excluding hydrogens is 359 g/mol. The summed E-state index contributed by atoms with van der Waals surface area (Å²) in [5.41, 5.74) is 1.25. The maximum atomic E-state index is 14.7.